The lowest BCUT2D eigenvalue weighted by Crippen LogP contribution is -2.20. The summed E-state index contributed by atoms with van der Waals surface area (Å²) in [5, 5.41) is 18.1. The highest BCUT2D eigenvalue weighted by molar-refractivity contribution is 5.01. The molecule has 2 aliphatic carbocycles. The summed E-state index contributed by atoms with van der Waals surface area (Å²) >= 11 is 0. The Hall–Kier alpha value is -0.0800. The van der Waals surface area contributed by atoms with Crippen LogP contribution in [0, 0.1) is 17.8 Å². The third kappa shape index (κ3) is 0.700. The van der Waals surface area contributed by atoms with Crippen molar-refractivity contribution in [3.8, 4) is 0 Å². The van der Waals surface area contributed by atoms with E-state index in [2.05, 4.69) is 0 Å². The van der Waals surface area contributed by atoms with Crippen LogP contribution < -0.4 is 0 Å². The van der Waals surface area contributed by atoms with Crippen LogP contribution in [0.25, 0.3) is 0 Å². The molecule has 2 aliphatic rings. The smallest absolute Gasteiger partial charge is 0.0621 e. The van der Waals surface area contributed by atoms with Crippen molar-refractivity contribution in [2.24, 2.45) is 17.8 Å². The first-order valence-electron chi connectivity index (χ1n) is 3.62. The van der Waals surface area contributed by atoms with Gasteiger partial charge in [0.05, 0.1) is 6.10 Å². The topological polar surface area (TPSA) is 40.5 Å². The second-order valence-corrected chi connectivity index (χ2v) is 3.33. The van der Waals surface area contributed by atoms with Crippen molar-refractivity contribution < 1.29 is 10.2 Å². The number of rotatable bonds is 1. The molecule has 0 aliphatic heterocycles. The molecule has 2 heteroatoms. The molecule has 0 radical (unpaired) electrons. The predicted molar refractivity (Wildman–Crippen MR) is 32.8 cm³/mol. The molecule has 0 amide bonds. The van der Waals surface area contributed by atoms with Crippen LogP contribution in [0.2, 0.25) is 0 Å². The lowest BCUT2D eigenvalue weighted by molar-refractivity contribution is 0.0706. The Balaban J connectivity index is 1.99. The zero-order chi connectivity index (χ0) is 6.43. The van der Waals surface area contributed by atoms with Gasteiger partial charge in [-0.05, 0) is 24.7 Å². The first-order chi connectivity index (χ1) is 4.33. The zero-order valence-electron chi connectivity index (χ0n) is 5.33. The molecule has 0 spiro atoms. The fraction of sp³-hybridized carbons (Fsp3) is 1.00. The Morgan fingerprint density at radius 3 is 2.44 bits per heavy atom. The van der Waals surface area contributed by atoms with Crippen LogP contribution in [0.1, 0.15) is 12.8 Å². The van der Waals surface area contributed by atoms with Gasteiger partial charge in [-0.2, -0.15) is 0 Å². The Labute approximate surface area is 54.5 Å². The van der Waals surface area contributed by atoms with Crippen molar-refractivity contribution in [3.63, 3.8) is 0 Å². The quantitative estimate of drug-likeness (QED) is 0.521. The van der Waals surface area contributed by atoms with Crippen molar-refractivity contribution >= 4 is 0 Å². The van der Waals surface area contributed by atoms with Crippen LogP contribution >= 0.6 is 0 Å². The third-order valence-corrected chi connectivity index (χ3v) is 2.74. The van der Waals surface area contributed by atoms with Gasteiger partial charge in [-0.15, -0.1) is 0 Å². The SMILES string of the molecule is OC[C@H]1C[C@H]2C[C@H]2[C@H]1O. The number of hydrogen-bond donors (Lipinski definition) is 2. The highest BCUT2D eigenvalue weighted by Crippen LogP contribution is 2.54. The van der Waals surface area contributed by atoms with Crippen LogP contribution in [0.15, 0.2) is 0 Å². The summed E-state index contributed by atoms with van der Waals surface area (Å²) in [7, 11) is 0. The minimum Gasteiger partial charge on any atom is -0.396 e. The van der Waals surface area contributed by atoms with E-state index in [-0.39, 0.29) is 18.6 Å². The fourth-order valence-corrected chi connectivity index (χ4v) is 2.02. The molecule has 0 aromatic rings. The minimum absolute atomic E-state index is 0.175. The van der Waals surface area contributed by atoms with Crippen LogP contribution in [0.4, 0.5) is 0 Å². The van der Waals surface area contributed by atoms with E-state index in [0.29, 0.717) is 5.92 Å². The molecule has 9 heavy (non-hydrogen) atoms. The Kier molecular flexibility index (Phi) is 1.08. The number of aliphatic hydroxyl groups excluding tert-OH is 2. The van der Waals surface area contributed by atoms with Crippen molar-refractivity contribution in [1.29, 1.82) is 0 Å². The summed E-state index contributed by atoms with van der Waals surface area (Å²) in [5.41, 5.74) is 0. The van der Waals surface area contributed by atoms with E-state index < -0.39 is 0 Å². The molecule has 0 aromatic carbocycles. The molecule has 2 rings (SSSR count). The first kappa shape index (κ1) is 5.69. The minimum atomic E-state index is -0.181. The van der Waals surface area contributed by atoms with Gasteiger partial charge in [-0.25, -0.2) is 0 Å². The van der Waals surface area contributed by atoms with Crippen LogP contribution in [0.5, 0.6) is 0 Å². The summed E-state index contributed by atoms with van der Waals surface area (Å²) in [5.74, 6) is 1.52. The van der Waals surface area contributed by atoms with Gasteiger partial charge in [0, 0.05) is 12.5 Å². The maximum atomic E-state index is 9.34. The van der Waals surface area contributed by atoms with E-state index in [1.54, 1.807) is 0 Å². The third-order valence-electron chi connectivity index (χ3n) is 2.74. The maximum Gasteiger partial charge on any atom is 0.0621 e. The molecular weight excluding hydrogens is 116 g/mol. The molecule has 2 fully saturated rings. The number of aliphatic hydroxyl groups is 2. The molecule has 52 valence electrons. The van der Waals surface area contributed by atoms with E-state index in [0.717, 1.165) is 12.3 Å². The zero-order valence-corrected chi connectivity index (χ0v) is 5.33. The van der Waals surface area contributed by atoms with E-state index in [1.165, 1.54) is 6.42 Å². The van der Waals surface area contributed by atoms with E-state index >= 15 is 0 Å². The van der Waals surface area contributed by atoms with Gasteiger partial charge < -0.3 is 10.2 Å². The fourth-order valence-electron chi connectivity index (χ4n) is 2.02. The van der Waals surface area contributed by atoms with Crippen LogP contribution in [0.3, 0.4) is 0 Å². The summed E-state index contributed by atoms with van der Waals surface area (Å²) in [4.78, 5) is 0. The van der Waals surface area contributed by atoms with Gasteiger partial charge in [0.15, 0.2) is 0 Å². The normalized spacial score (nSPS) is 55.3. The Morgan fingerprint density at radius 2 is 2.11 bits per heavy atom. The molecule has 0 unspecified atom stereocenters. The van der Waals surface area contributed by atoms with Gasteiger partial charge in [0.25, 0.3) is 0 Å². The Bertz CT molecular complexity index is 124. The maximum absolute atomic E-state index is 9.34. The van der Waals surface area contributed by atoms with Crippen molar-refractivity contribution in [2.75, 3.05) is 6.61 Å². The van der Waals surface area contributed by atoms with Crippen molar-refractivity contribution in [3.05, 3.63) is 0 Å². The van der Waals surface area contributed by atoms with E-state index in [1.807, 2.05) is 0 Å². The molecule has 0 heterocycles. The van der Waals surface area contributed by atoms with E-state index in [9.17, 15) is 5.11 Å². The summed E-state index contributed by atoms with van der Waals surface area (Å²) in [6.45, 7) is 0.175. The molecule has 2 saturated carbocycles. The monoisotopic (exact) mass is 128 g/mol. The van der Waals surface area contributed by atoms with Gasteiger partial charge in [0.1, 0.15) is 0 Å². The lowest BCUT2D eigenvalue weighted by atomic mass is 10.0. The Morgan fingerprint density at radius 1 is 1.33 bits per heavy atom. The summed E-state index contributed by atoms with van der Waals surface area (Å²) < 4.78 is 0. The number of fused-ring (bicyclic) bond motifs is 1. The average Bonchev–Trinajstić information content (AvgIpc) is 2.55. The highest BCUT2D eigenvalue weighted by atomic mass is 16.3. The summed E-state index contributed by atoms with van der Waals surface area (Å²) in [6, 6.07) is 0. The van der Waals surface area contributed by atoms with Crippen LogP contribution in [-0.2, 0) is 0 Å². The van der Waals surface area contributed by atoms with Gasteiger partial charge >= 0.3 is 0 Å². The van der Waals surface area contributed by atoms with Crippen molar-refractivity contribution in [2.45, 2.75) is 18.9 Å². The van der Waals surface area contributed by atoms with Gasteiger partial charge in [-0.1, -0.05) is 0 Å². The molecular formula is C7H12O2. The van der Waals surface area contributed by atoms with Gasteiger partial charge in [-0.3, -0.25) is 0 Å². The molecule has 2 nitrogen and oxygen atoms in total. The molecule has 2 N–H and O–H groups in total. The van der Waals surface area contributed by atoms with Crippen LogP contribution in [-0.4, -0.2) is 22.9 Å². The molecule has 0 bridgehead atoms. The number of hydrogen-bond acceptors (Lipinski definition) is 2. The largest absolute Gasteiger partial charge is 0.396 e. The second-order valence-electron chi connectivity index (χ2n) is 3.33. The lowest BCUT2D eigenvalue weighted by Gasteiger charge is -2.13. The average molecular weight is 128 g/mol. The van der Waals surface area contributed by atoms with Crippen molar-refractivity contribution in [1.82, 2.24) is 0 Å². The second kappa shape index (κ2) is 1.70. The first-order valence-corrected chi connectivity index (χ1v) is 3.62. The van der Waals surface area contributed by atoms with Gasteiger partial charge in [0.2, 0.25) is 0 Å². The highest BCUT2D eigenvalue weighted by Gasteiger charge is 2.52. The summed E-state index contributed by atoms with van der Waals surface area (Å²) in [6.07, 6.45) is 2.08. The molecule has 4 atom stereocenters. The molecule has 0 aromatic heterocycles. The van der Waals surface area contributed by atoms with E-state index in [4.69, 9.17) is 5.11 Å². The predicted octanol–water partition coefficient (Wildman–Crippen LogP) is -0.00440. The molecule has 0 saturated heterocycles. The standard InChI is InChI=1S/C7H12O2/c8-3-5-1-4-2-6(4)7(5)9/h4-9H,1-3H2/t4-,5+,6+,7-/m0/s1.